The van der Waals surface area contributed by atoms with Gasteiger partial charge in [-0.3, -0.25) is 4.90 Å². The molecule has 33 heavy (non-hydrogen) atoms. The fraction of sp³-hybridized carbons (Fsp3) is 0.276. The highest BCUT2D eigenvalue weighted by molar-refractivity contribution is 9.10. The molecule has 170 valence electrons. The Morgan fingerprint density at radius 1 is 0.788 bits per heavy atom. The second-order valence-electron chi connectivity index (χ2n) is 8.36. The quantitative estimate of drug-likeness (QED) is 0.221. The van der Waals surface area contributed by atoms with E-state index in [1.165, 1.54) is 22.4 Å². The van der Waals surface area contributed by atoms with Gasteiger partial charge in [0.2, 0.25) is 0 Å². The smallest absolute Gasteiger partial charge is 0.140 e. The molecule has 0 aliphatic rings. The molecule has 0 spiro atoms. The number of imidazole rings is 1. The summed E-state index contributed by atoms with van der Waals surface area (Å²) >= 11 is 3.73. The topological polar surface area (TPSA) is 21.1 Å². The summed E-state index contributed by atoms with van der Waals surface area (Å²) in [6.45, 7) is 8.18. The lowest BCUT2D eigenvalue weighted by Crippen LogP contribution is -2.24. The Kier molecular flexibility index (Phi) is 8.14. The average Bonchev–Trinajstić information content (AvgIpc) is 3.22. The molecule has 0 atom stereocenters. The summed E-state index contributed by atoms with van der Waals surface area (Å²) in [5, 5.41) is 0. The van der Waals surface area contributed by atoms with Crippen LogP contribution < -0.4 is 0 Å². The van der Waals surface area contributed by atoms with E-state index in [0.717, 1.165) is 55.0 Å². The lowest BCUT2D eigenvalue weighted by molar-refractivity contribution is 0.264. The van der Waals surface area contributed by atoms with Gasteiger partial charge in [0.25, 0.3) is 0 Å². The Hall–Kier alpha value is -2.69. The standard InChI is InChI=1S/C29H32BrN3/c1-3-5-20-33-27(22-32(4-2)21-25-18-12-13-19-26(25)30)28(23-14-8-6-9-15-23)31-29(33)24-16-10-7-11-17-24/h6-19H,3-5,20-22H2,1-2H3. The zero-order valence-electron chi connectivity index (χ0n) is 19.5. The molecule has 4 aromatic rings. The molecule has 1 heterocycles. The number of nitrogens with zero attached hydrogens (tertiary/aromatic N) is 3. The van der Waals surface area contributed by atoms with Crippen molar-refractivity contribution >= 4 is 15.9 Å². The van der Waals surface area contributed by atoms with E-state index in [1.807, 2.05) is 0 Å². The van der Waals surface area contributed by atoms with Crippen LogP contribution in [0.3, 0.4) is 0 Å². The summed E-state index contributed by atoms with van der Waals surface area (Å²) in [6.07, 6.45) is 2.29. The predicted molar refractivity (Wildman–Crippen MR) is 142 cm³/mol. The Labute approximate surface area is 206 Å². The highest BCUT2D eigenvalue weighted by atomic mass is 79.9. The zero-order chi connectivity index (χ0) is 23.0. The van der Waals surface area contributed by atoms with E-state index in [1.54, 1.807) is 0 Å². The Balaban J connectivity index is 1.79. The minimum absolute atomic E-state index is 0.853. The van der Waals surface area contributed by atoms with E-state index in [-0.39, 0.29) is 0 Å². The number of benzene rings is 3. The molecule has 4 rings (SSSR count). The molecule has 0 saturated heterocycles. The van der Waals surface area contributed by atoms with E-state index in [9.17, 15) is 0 Å². The van der Waals surface area contributed by atoms with E-state index in [4.69, 9.17) is 4.98 Å². The molecule has 0 amide bonds. The van der Waals surface area contributed by atoms with Gasteiger partial charge in [0, 0.05) is 35.2 Å². The lowest BCUT2D eigenvalue weighted by atomic mass is 10.1. The maximum absolute atomic E-state index is 5.24. The first-order valence-electron chi connectivity index (χ1n) is 11.9. The van der Waals surface area contributed by atoms with Crippen LogP contribution in [-0.2, 0) is 19.6 Å². The second kappa shape index (κ2) is 11.4. The summed E-state index contributed by atoms with van der Waals surface area (Å²) < 4.78 is 3.63. The van der Waals surface area contributed by atoms with Crippen LogP contribution in [0.25, 0.3) is 22.6 Å². The minimum atomic E-state index is 0.853. The number of halogens is 1. The van der Waals surface area contributed by atoms with Crippen molar-refractivity contribution in [1.29, 1.82) is 0 Å². The first-order valence-corrected chi connectivity index (χ1v) is 12.7. The molecule has 0 bridgehead atoms. The molecule has 0 saturated carbocycles. The largest absolute Gasteiger partial charge is 0.326 e. The molecular weight excluding hydrogens is 470 g/mol. The molecular formula is C29H32BrN3. The van der Waals surface area contributed by atoms with E-state index in [0.29, 0.717) is 0 Å². The molecule has 1 aromatic heterocycles. The monoisotopic (exact) mass is 501 g/mol. The lowest BCUT2D eigenvalue weighted by Gasteiger charge is -2.23. The fourth-order valence-electron chi connectivity index (χ4n) is 4.20. The third-order valence-corrected chi connectivity index (χ3v) is 6.83. The van der Waals surface area contributed by atoms with Gasteiger partial charge in [-0.15, -0.1) is 0 Å². The van der Waals surface area contributed by atoms with Gasteiger partial charge in [0.15, 0.2) is 0 Å². The van der Waals surface area contributed by atoms with Crippen LogP contribution >= 0.6 is 15.9 Å². The van der Waals surface area contributed by atoms with Crippen molar-refractivity contribution in [2.24, 2.45) is 0 Å². The van der Waals surface area contributed by atoms with Crippen LogP contribution in [0.4, 0.5) is 0 Å². The van der Waals surface area contributed by atoms with Crippen molar-refractivity contribution < 1.29 is 0 Å². The first-order chi connectivity index (χ1) is 16.2. The van der Waals surface area contributed by atoms with Crippen molar-refractivity contribution in [3.05, 3.63) is 101 Å². The molecule has 3 aromatic carbocycles. The highest BCUT2D eigenvalue weighted by Gasteiger charge is 2.21. The van der Waals surface area contributed by atoms with Crippen LogP contribution in [0.15, 0.2) is 89.4 Å². The van der Waals surface area contributed by atoms with Crippen molar-refractivity contribution in [1.82, 2.24) is 14.5 Å². The summed E-state index contributed by atoms with van der Waals surface area (Å²) in [4.78, 5) is 7.74. The number of hydrogen-bond donors (Lipinski definition) is 0. The van der Waals surface area contributed by atoms with E-state index < -0.39 is 0 Å². The van der Waals surface area contributed by atoms with Crippen LogP contribution in [0.5, 0.6) is 0 Å². The Morgan fingerprint density at radius 3 is 2.06 bits per heavy atom. The third kappa shape index (κ3) is 5.63. The van der Waals surface area contributed by atoms with Crippen molar-refractivity contribution in [3.8, 4) is 22.6 Å². The van der Waals surface area contributed by atoms with Gasteiger partial charge in [-0.05, 0) is 24.6 Å². The summed E-state index contributed by atoms with van der Waals surface area (Å²) in [7, 11) is 0. The second-order valence-corrected chi connectivity index (χ2v) is 9.22. The van der Waals surface area contributed by atoms with Gasteiger partial charge in [-0.1, -0.05) is 115 Å². The van der Waals surface area contributed by atoms with Gasteiger partial charge >= 0.3 is 0 Å². The molecule has 0 fully saturated rings. The van der Waals surface area contributed by atoms with Gasteiger partial charge in [0.05, 0.1) is 11.4 Å². The third-order valence-electron chi connectivity index (χ3n) is 6.06. The number of hydrogen-bond acceptors (Lipinski definition) is 2. The summed E-state index contributed by atoms with van der Waals surface area (Å²) in [6, 6.07) is 29.7. The number of unbranched alkanes of at least 4 members (excludes halogenated alkanes) is 1. The molecule has 3 nitrogen and oxygen atoms in total. The minimum Gasteiger partial charge on any atom is -0.326 e. The average molecular weight is 503 g/mol. The SMILES string of the molecule is CCCCn1c(-c2ccccc2)nc(-c2ccccc2)c1CN(CC)Cc1ccccc1Br. The van der Waals surface area contributed by atoms with Gasteiger partial charge in [0.1, 0.15) is 5.82 Å². The number of aromatic nitrogens is 2. The predicted octanol–water partition coefficient (Wildman–Crippen LogP) is 7.80. The normalized spacial score (nSPS) is 11.3. The van der Waals surface area contributed by atoms with Crippen LogP contribution in [0.2, 0.25) is 0 Å². The fourth-order valence-corrected chi connectivity index (χ4v) is 4.61. The molecule has 0 radical (unpaired) electrons. The molecule has 0 aliphatic carbocycles. The molecule has 0 N–H and O–H groups in total. The van der Waals surface area contributed by atoms with Gasteiger partial charge in [-0.25, -0.2) is 4.98 Å². The Bertz CT molecular complexity index is 1150. The van der Waals surface area contributed by atoms with Crippen molar-refractivity contribution in [2.45, 2.75) is 46.3 Å². The van der Waals surface area contributed by atoms with Crippen molar-refractivity contribution in [3.63, 3.8) is 0 Å². The molecule has 0 aliphatic heterocycles. The number of rotatable bonds is 10. The van der Waals surface area contributed by atoms with Crippen LogP contribution in [-0.4, -0.2) is 21.0 Å². The summed E-state index contributed by atoms with van der Waals surface area (Å²) in [5.74, 6) is 1.06. The highest BCUT2D eigenvalue weighted by Crippen LogP contribution is 2.31. The van der Waals surface area contributed by atoms with Crippen molar-refractivity contribution in [2.75, 3.05) is 6.54 Å². The van der Waals surface area contributed by atoms with Gasteiger partial charge in [-0.2, -0.15) is 0 Å². The van der Waals surface area contributed by atoms with Gasteiger partial charge < -0.3 is 4.57 Å². The van der Waals surface area contributed by atoms with Crippen LogP contribution in [0, 0.1) is 0 Å². The Morgan fingerprint density at radius 2 is 1.42 bits per heavy atom. The van der Waals surface area contributed by atoms with E-state index in [2.05, 4.69) is 124 Å². The maximum Gasteiger partial charge on any atom is 0.140 e. The first kappa shape index (κ1) is 23.5. The molecule has 4 heteroatoms. The summed E-state index contributed by atoms with van der Waals surface area (Å²) in [5.41, 5.74) is 6.05. The molecule has 0 unspecified atom stereocenters. The van der Waals surface area contributed by atoms with E-state index >= 15 is 0 Å². The zero-order valence-corrected chi connectivity index (χ0v) is 21.1. The maximum atomic E-state index is 5.24. The van der Waals surface area contributed by atoms with Crippen LogP contribution in [0.1, 0.15) is 37.9 Å².